The Balaban J connectivity index is 1.52. The molecule has 7 heteroatoms. The Morgan fingerprint density at radius 2 is 1.79 bits per heavy atom. The first-order valence-electron chi connectivity index (χ1n) is 8.47. The Labute approximate surface area is 140 Å². The van der Waals surface area contributed by atoms with Gasteiger partial charge in [-0.15, -0.1) is 0 Å². The average Bonchev–Trinajstić information content (AvgIpc) is 3.24. The van der Waals surface area contributed by atoms with Gasteiger partial charge in [0.1, 0.15) is 0 Å². The topological polar surface area (TPSA) is 99.8 Å². The zero-order chi connectivity index (χ0) is 17.1. The minimum Gasteiger partial charge on any atom is -0.475 e. The lowest BCUT2D eigenvalue weighted by molar-refractivity contribution is -0.135. The van der Waals surface area contributed by atoms with E-state index in [9.17, 15) is 14.4 Å². The molecule has 7 nitrogen and oxygen atoms in total. The second-order valence-electron chi connectivity index (χ2n) is 6.55. The van der Waals surface area contributed by atoms with Crippen molar-refractivity contribution in [3.63, 3.8) is 0 Å². The predicted molar refractivity (Wildman–Crippen MR) is 84.7 cm³/mol. The number of carboxylic acids is 1. The van der Waals surface area contributed by atoms with E-state index in [0.29, 0.717) is 19.5 Å². The van der Waals surface area contributed by atoms with Gasteiger partial charge in [0, 0.05) is 25.0 Å². The molecule has 3 rings (SSSR count). The predicted octanol–water partition coefficient (Wildman–Crippen LogP) is 1.89. The molecule has 2 fully saturated rings. The summed E-state index contributed by atoms with van der Waals surface area (Å²) in [5.74, 6) is -1.60. The molecule has 1 saturated heterocycles. The molecule has 1 atom stereocenters. The number of aromatic carboxylic acids is 1. The van der Waals surface area contributed by atoms with E-state index in [1.807, 2.05) is 4.90 Å². The van der Waals surface area contributed by atoms with Crippen LogP contribution in [0.15, 0.2) is 16.5 Å². The van der Waals surface area contributed by atoms with Crippen LogP contribution in [-0.4, -0.2) is 46.9 Å². The Bertz CT molecular complexity index is 633. The summed E-state index contributed by atoms with van der Waals surface area (Å²) in [6.07, 6.45) is 6.09. The highest BCUT2D eigenvalue weighted by Crippen LogP contribution is 2.26. The Hall–Kier alpha value is -2.31. The monoisotopic (exact) mass is 334 g/mol. The second-order valence-corrected chi connectivity index (χ2v) is 6.55. The SMILES string of the molecule is O=C(O)c1ccc(C(=O)NC2CCN(C(=O)C3CCCCC3)C2)o1. The van der Waals surface area contributed by atoms with Crippen LogP contribution < -0.4 is 5.32 Å². The summed E-state index contributed by atoms with van der Waals surface area (Å²) in [6.45, 7) is 1.16. The van der Waals surface area contributed by atoms with Crippen LogP contribution in [0.25, 0.3) is 0 Å². The number of amides is 2. The van der Waals surface area contributed by atoms with E-state index in [0.717, 1.165) is 25.7 Å². The van der Waals surface area contributed by atoms with E-state index in [1.54, 1.807) is 0 Å². The third kappa shape index (κ3) is 3.60. The summed E-state index contributed by atoms with van der Waals surface area (Å²) in [6, 6.07) is 2.48. The third-order valence-electron chi connectivity index (χ3n) is 4.83. The molecule has 2 heterocycles. The maximum Gasteiger partial charge on any atom is 0.371 e. The third-order valence-corrected chi connectivity index (χ3v) is 4.83. The van der Waals surface area contributed by atoms with E-state index in [4.69, 9.17) is 9.52 Å². The Morgan fingerprint density at radius 3 is 2.46 bits per heavy atom. The summed E-state index contributed by atoms with van der Waals surface area (Å²) in [4.78, 5) is 37.2. The van der Waals surface area contributed by atoms with E-state index in [-0.39, 0.29) is 29.4 Å². The maximum absolute atomic E-state index is 12.5. The smallest absolute Gasteiger partial charge is 0.371 e. The molecular formula is C17H22N2O5. The van der Waals surface area contributed by atoms with Crippen molar-refractivity contribution >= 4 is 17.8 Å². The molecular weight excluding hydrogens is 312 g/mol. The van der Waals surface area contributed by atoms with Gasteiger partial charge in [-0.25, -0.2) is 4.79 Å². The van der Waals surface area contributed by atoms with Gasteiger partial charge in [-0.3, -0.25) is 9.59 Å². The summed E-state index contributed by atoms with van der Waals surface area (Å²) in [7, 11) is 0. The molecule has 2 N–H and O–H groups in total. The average molecular weight is 334 g/mol. The van der Waals surface area contributed by atoms with Crippen molar-refractivity contribution in [3.8, 4) is 0 Å². The van der Waals surface area contributed by atoms with Crippen molar-refractivity contribution in [1.82, 2.24) is 10.2 Å². The molecule has 130 valence electrons. The maximum atomic E-state index is 12.5. The number of furan rings is 1. The van der Waals surface area contributed by atoms with Crippen LogP contribution >= 0.6 is 0 Å². The fourth-order valence-electron chi connectivity index (χ4n) is 3.52. The molecule has 1 aliphatic carbocycles. The highest BCUT2D eigenvalue weighted by molar-refractivity contribution is 5.93. The highest BCUT2D eigenvalue weighted by atomic mass is 16.4. The molecule has 0 aromatic carbocycles. The molecule has 1 saturated carbocycles. The number of carboxylic acid groups (broad SMARTS) is 1. The molecule has 1 unspecified atom stereocenters. The van der Waals surface area contributed by atoms with Crippen molar-refractivity contribution in [2.45, 2.75) is 44.6 Å². The van der Waals surface area contributed by atoms with E-state index in [2.05, 4.69) is 5.32 Å². The summed E-state index contributed by atoms with van der Waals surface area (Å²) < 4.78 is 4.99. The van der Waals surface area contributed by atoms with Crippen LogP contribution in [0.5, 0.6) is 0 Å². The van der Waals surface area contributed by atoms with E-state index < -0.39 is 11.9 Å². The lowest BCUT2D eigenvalue weighted by atomic mass is 9.88. The van der Waals surface area contributed by atoms with Crippen molar-refractivity contribution in [3.05, 3.63) is 23.7 Å². The van der Waals surface area contributed by atoms with Gasteiger partial charge in [0.15, 0.2) is 5.76 Å². The molecule has 2 aliphatic rings. The van der Waals surface area contributed by atoms with Crippen molar-refractivity contribution in [2.24, 2.45) is 5.92 Å². The quantitative estimate of drug-likeness (QED) is 0.876. The molecule has 0 spiro atoms. The number of likely N-dealkylation sites (tertiary alicyclic amines) is 1. The zero-order valence-electron chi connectivity index (χ0n) is 13.5. The molecule has 0 bridgehead atoms. The number of nitrogens with zero attached hydrogens (tertiary/aromatic N) is 1. The molecule has 2 amide bonds. The fourth-order valence-corrected chi connectivity index (χ4v) is 3.52. The number of nitrogens with one attached hydrogen (secondary N) is 1. The zero-order valence-corrected chi connectivity index (χ0v) is 13.5. The number of carbonyl (C=O) groups excluding carboxylic acids is 2. The Kier molecular flexibility index (Phi) is 4.87. The lowest BCUT2D eigenvalue weighted by Crippen LogP contribution is -2.40. The summed E-state index contributed by atoms with van der Waals surface area (Å²) >= 11 is 0. The van der Waals surface area contributed by atoms with Crippen LogP contribution in [-0.2, 0) is 4.79 Å². The highest BCUT2D eigenvalue weighted by Gasteiger charge is 2.32. The molecule has 1 aromatic heterocycles. The van der Waals surface area contributed by atoms with Gasteiger partial charge >= 0.3 is 5.97 Å². The first kappa shape index (κ1) is 16.5. The van der Waals surface area contributed by atoms with Gasteiger partial charge in [0.2, 0.25) is 11.7 Å². The van der Waals surface area contributed by atoms with Crippen molar-refractivity contribution in [2.75, 3.05) is 13.1 Å². The number of carbonyl (C=O) groups is 3. The van der Waals surface area contributed by atoms with Gasteiger partial charge < -0.3 is 19.7 Å². The minimum atomic E-state index is -1.21. The summed E-state index contributed by atoms with van der Waals surface area (Å²) in [5, 5.41) is 11.6. The summed E-state index contributed by atoms with van der Waals surface area (Å²) in [5.41, 5.74) is 0. The second kappa shape index (κ2) is 7.07. The van der Waals surface area contributed by atoms with E-state index in [1.165, 1.54) is 18.6 Å². The van der Waals surface area contributed by atoms with Crippen molar-refractivity contribution in [1.29, 1.82) is 0 Å². The lowest BCUT2D eigenvalue weighted by Gasteiger charge is -2.26. The first-order valence-corrected chi connectivity index (χ1v) is 8.47. The molecule has 1 aliphatic heterocycles. The molecule has 24 heavy (non-hydrogen) atoms. The Morgan fingerprint density at radius 1 is 1.08 bits per heavy atom. The van der Waals surface area contributed by atoms with E-state index >= 15 is 0 Å². The largest absolute Gasteiger partial charge is 0.475 e. The molecule has 0 radical (unpaired) electrons. The van der Waals surface area contributed by atoms with Crippen molar-refractivity contribution < 1.29 is 23.9 Å². The number of hydrogen-bond donors (Lipinski definition) is 2. The number of hydrogen-bond acceptors (Lipinski definition) is 4. The van der Waals surface area contributed by atoms with Gasteiger partial charge in [-0.2, -0.15) is 0 Å². The van der Waals surface area contributed by atoms with Gasteiger partial charge in [-0.05, 0) is 31.4 Å². The standard InChI is InChI=1S/C17H22N2O5/c20-15(13-6-7-14(24-13)17(22)23)18-12-8-9-19(10-12)16(21)11-4-2-1-3-5-11/h6-7,11-12H,1-5,8-10H2,(H,18,20)(H,22,23). The fraction of sp³-hybridized carbons (Fsp3) is 0.588. The van der Waals surface area contributed by atoms with Crippen LogP contribution in [0.1, 0.15) is 59.6 Å². The number of rotatable bonds is 4. The van der Waals surface area contributed by atoms with Crippen LogP contribution in [0, 0.1) is 5.92 Å². The van der Waals surface area contributed by atoms with Crippen LogP contribution in [0.3, 0.4) is 0 Å². The van der Waals surface area contributed by atoms with Gasteiger partial charge in [-0.1, -0.05) is 19.3 Å². The van der Waals surface area contributed by atoms with Gasteiger partial charge in [0.05, 0.1) is 0 Å². The van der Waals surface area contributed by atoms with Crippen LogP contribution in [0.2, 0.25) is 0 Å². The van der Waals surface area contributed by atoms with Gasteiger partial charge in [0.25, 0.3) is 5.91 Å². The van der Waals surface area contributed by atoms with Crippen LogP contribution in [0.4, 0.5) is 0 Å². The minimum absolute atomic E-state index is 0.0237. The normalized spacial score (nSPS) is 21.7. The molecule has 1 aromatic rings. The first-order chi connectivity index (χ1) is 11.5.